The van der Waals surface area contributed by atoms with Crippen LogP contribution < -0.4 is 10.6 Å². The third-order valence-electron chi connectivity index (χ3n) is 5.67. The van der Waals surface area contributed by atoms with Crippen LogP contribution in [0.25, 0.3) is 5.69 Å². The summed E-state index contributed by atoms with van der Waals surface area (Å²) in [6.45, 7) is 9.42. The van der Waals surface area contributed by atoms with Crippen molar-refractivity contribution in [3.05, 3.63) is 52.8 Å². The number of rotatable bonds is 6. The molecule has 2 N–H and O–H groups in total. The van der Waals surface area contributed by atoms with Crippen molar-refractivity contribution in [1.29, 1.82) is 0 Å². The maximum Gasteiger partial charge on any atom is 0.253 e. The van der Waals surface area contributed by atoms with E-state index in [0.717, 1.165) is 48.6 Å². The average molecular weight is 370 g/mol. The Hall–Kier alpha value is -2.11. The molecule has 0 atom stereocenters. The van der Waals surface area contributed by atoms with E-state index >= 15 is 0 Å². The van der Waals surface area contributed by atoms with Gasteiger partial charge in [-0.05, 0) is 70.5 Å². The van der Waals surface area contributed by atoms with Crippen LogP contribution in [0.1, 0.15) is 40.2 Å². The van der Waals surface area contributed by atoms with Gasteiger partial charge in [0, 0.05) is 36.1 Å². The molecule has 27 heavy (non-hydrogen) atoms. The van der Waals surface area contributed by atoms with E-state index in [1.54, 1.807) is 7.11 Å². The molecule has 2 aromatic rings. The summed E-state index contributed by atoms with van der Waals surface area (Å²) in [6, 6.07) is 10.3. The second-order valence-electron chi connectivity index (χ2n) is 7.82. The summed E-state index contributed by atoms with van der Waals surface area (Å²) in [5.41, 5.74) is 5.11. The van der Waals surface area contributed by atoms with Gasteiger partial charge in [0.25, 0.3) is 5.91 Å². The van der Waals surface area contributed by atoms with E-state index in [2.05, 4.69) is 46.4 Å². The summed E-state index contributed by atoms with van der Waals surface area (Å²) in [6.07, 6.45) is 2.03. The normalized spacial score (nSPS) is 16.3. The van der Waals surface area contributed by atoms with Crippen LogP contribution in [0.4, 0.5) is 0 Å². The van der Waals surface area contributed by atoms with Crippen molar-refractivity contribution in [2.24, 2.45) is 5.41 Å². The van der Waals surface area contributed by atoms with Gasteiger partial charge >= 0.3 is 0 Å². The Bertz CT molecular complexity index is 798. The Morgan fingerprint density at radius 1 is 1.22 bits per heavy atom. The summed E-state index contributed by atoms with van der Waals surface area (Å²) >= 11 is 0. The highest BCUT2D eigenvalue weighted by molar-refractivity contribution is 5.96. The first kappa shape index (κ1) is 19.6. The van der Waals surface area contributed by atoms with Crippen LogP contribution in [0.5, 0.6) is 0 Å². The van der Waals surface area contributed by atoms with E-state index in [0.29, 0.717) is 13.2 Å². The average Bonchev–Trinajstić information content (AvgIpc) is 2.95. The number of carbonyl (C=O) groups is 1. The summed E-state index contributed by atoms with van der Waals surface area (Å²) in [7, 11) is 1.74. The Morgan fingerprint density at radius 2 is 1.96 bits per heavy atom. The zero-order valence-corrected chi connectivity index (χ0v) is 16.9. The number of benzene rings is 1. The van der Waals surface area contributed by atoms with Gasteiger partial charge in [-0.25, -0.2) is 0 Å². The van der Waals surface area contributed by atoms with Gasteiger partial charge in [0.2, 0.25) is 0 Å². The molecule has 1 fully saturated rings. The summed E-state index contributed by atoms with van der Waals surface area (Å²) in [5, 5.41) is 6.57. The molecule has 1 aromatic carbocycles. The van der Waals surface area contributed by atoms with Crippen LogP contribution >= 0.6 is 0 Å². The third kappa shape index (κ3) is 4.25. The number of aryl methyl sites for hydroxylation is 2. The Kier molecular flexibility index (Phi) is 6.02. The van der Waals surface area contributed by atoms with Crippen LogP contribution in [0.3, 0.4) is 0 Å². The molecule has 1 aliphatic rings. The second kappa shape index (κ2) is 8.28. The Labute approximate surface area is 162 Å². The lowest BCUT2D eigenvalue weighted by Crippen LogP contribution is -2.47. The van der Waals surface area contributed by atoms with Crippen LogP contribution in [0.2, 0.25) is 0 Å². The first-order valence-corrected chi connectivity index (χ1v) is 9.70. The van der Waals surface area contributed by atoms with Crippen LogP contribution in [0, 0.1) is 26.2 Å². The first-order chi connectivity index (χ1) is 13.0. The molecule has 1 amide bonds. The Balaban J connectivity index is 1.78. The minimum Gasteiger partial charge on any atom is -0.384 e. The zero-order chi connectivity index (χ0) is 19.4. The van der Waals surface area contributed by atoms with Crippen molar-refractivity contribution in [2.45, 2.75) is 33.6 Å². The lowest BCUT2D eigenvalue weighted by Gasteiger charge is -2.37. The number of methoxy groups -OCH3 is 1. The number of carbonyl (C=O) groups excluding carboxylic acids is 1. The van der Waals surface area contributed by atoms with Gasteiger partial charge in [-0.3, -0.25) is 4.79 Å². The molecule has 0 unspecified atom stereocenters. The van der Waals surface area contributed by atoms with Gasteiger partial charge < -0.3 is 19.9 Å². The van der Waals surface area contributed by atoms with Crippen molar-refractivity contribution in [2.75, 3.05) is 33.4 Å². The van der Waals surface area contributed by atoms with Gasteiger partial charge in [0.15, 0.2) is 0 Å². The van der Waals surface area contributed by atoms with Crippen molar-refractivity contribution in [3.63, 3.8) is 0 Å². The van der Waals surface area contributed by atoms with Gasteiger partial charge in [-0.15, -0.1) is 0 Å². The number of hydrogen-bond donors (Lipinski definition) is 2. The molecule has 0 radical (unpaired) electrons. The van der Waals surface area contributed by atoms with Gasteiger partial charge in [-0.2, -0.15) is 0 Å². The molecule has 146 valence electrons. The maximum absolute atomic E-state index is 12.9. The van der Waals surface area contributed by atoms with E-state index < -0.39 is 0 Å². The highest BCUT2D eigenvalue weighted by Crippen LogP contribution is 2.28. The minimum absolute atomic E-state index is 0.00369. The van der Waals surface area contributed by atoms with Crippen LogP contribution in [-0.2, 0) is 4.74 Å². The molecule has 5 nitrogen and oxygen atoms in total. The van der Waals surface area contributed by atoms with E-state index in [-0.39, 0.29) is 11.3 Å². The second-order valence-corrected chi connectivity index (χ2v) is 7.82. The van der Waals surface area contributed by atoms with Crippen LogP contribution in [-0.4, -0.2) is 43.8 Å². The molecule has 3 rings (SSSR count). The van der Waals surface area contributed by atoms with Crippen molar-refractivity contribution >= 4 is 5.91 Å². The molecule has 1 saturated heterocycles. The van der Waals surface area contributed by atoms with E-state index in [1.807, 2.05) is 19.9 Å². The zero-order valence-electron chi connectivity index (χ0n) is 16.9. The molecule has 1 aliphatic heterocycles. The number of ether oxygens (including phenoxy) is 1. The topological polar surface area (TPSA) is 55.3 Å². The minimum atomic E-state index is -0.00369. The highest BCUT2D eigenvalue weighted by atomic mass is 16.5. The molecule has 1 aromatic heterocycles. The van der Waals surface area contributed by atoms with E-state index in [1.165, 1.54) is 5.56 Å². The van der Waals surface area contributed by atoms with Crippen molar-refractivity contribution in [1.82, 2.24) is 15.2 Å². The van der Waals surface area contributed by atoms with Crippen molar-refractivity contribution in [3.8, 4) is 5.69 Å². The Morgan fingerprint density at radius 3 is 2.63 bits per heavy atom. The molecule has 0 aliphatic carbocycles. The predicted octanol–water partition coefficient (Wildman–Crippen LogP) is 3.15. The number of nitrogens with one attached hydrogen (secondary N) is 2. The fraction of sp³-hybridized carbons (Fsp3) is 0.500. The molecular formula is C22H31N3O2. The third-order valence-corrected chi connectivity index (χ3v) is 5.67. The monoisotopic (exact) mass is 369 g/mol. The first-order valence-electron chi connectivity index (χ1n) is 9.70. The lowest BCUT2D eigenvalue weighted by atomic mass is 9.79. The van der Waals surface area contributed by atoms with Crippen molar-refractivity contribution < 1.29 is 9.53 Å². The molecule has 0 bridgehead atoms. The van der Waals surface area contributed by atoms with Gasteiger partial charge in [0.1, 0.15) is 0 Å². The van der Waals surface area contributed by atoms with E-state index in [9.17, 15) is 4.79 Å². The van der Waals surface area contributed by atoms with Crippen LogP contribution in [0.15, 0.2) is 30.3 Å². The fourth-order valence-corrected chi connectivity index (χ4v) is 4.16. The molecular weight excluding hydrogens is 338 g/mol. The molecule has 0 saturated carbocycles. The molecule has 5 heteroatoms. The lowest BCUT2D eigenvalue weighted by molar-refractivity contribution is 0.0511. The number of piperidine rings is 1. The molecule has 2 heterocycles. The SMILES string of the molecule is COCC1(CNC(=O)c2cc(C)n(-c3cccc(C)c3)c2C)CCNCC1. The smallest absolute Gasteiger partial charge is 0.253 e. The number of aromatic nitrogens is 1. The molecule has 0 spiro atoms. The predicted molar refractivity (Wildman–Crippen MR) is 109 cm³/mol. The summed E-state index contributed by atoms with van der Waals surface area (Å²) < 4.78 is 7.61. The highest BCUT2D eigenvalue weighted by Gasteiger charge is 2.33. The number of amides is 1. The summed E-state index contributed by atoms with van der Waals surface area (Å²) in [4.78, 5) is 12.9. The summed E-state index contributed by atoms with van der Waals surface area (Å²) in [5.74, 6) is -0.00369. The van der Waals surface area contributed by atoms with Gasteiger partial charge in [-0.1, -0.05) is 12.1 Å². The standard InChI is InChI=1S/C22H31N3O2/c1-16-6-5-7-19(12-16)25-17(2)13-20(18(25)3)21(26)24-14-22(15-27-4)8-10-23-11-9-22/h5-7,12-13,23H,8-11,14-15H2,1-4H3,(H,24,26). The maximum atomic E-state index is 12.9. The van der Waals surface area contributed by atoms with Gasteiger partial charge in [0.05, 0.1) is 12.2 Å². The number of hydrogen-bond acceptors (Lipinski definition) is 3. The quantitative estimate of drug-likeness (QED) is 0.822. The largest absolute Gasteiger partial charge is 0.384 e. The van der Waals surface area contributed by atoms with E-state index in [4.69, 9.17) is 4.74 Å². The fourth-order valence-electron chi connectivity index (χ4n) is 4.16. The number of nitrogens with zero attached hydrogens (tertiary/aromatic N) is 1.